The first-order valence-electron chi connectivity index (χ1n) is 3.20. The van der Waals surface area contributed by atoms with E-state index in [1.807, 2.05) is 0 Å². The van der Waals surface area contributed by atoms with E-state index in [0.717, 1.165) is 25.4 Å². The third kappa shape index (κ3) is 6.10. The standard InChI is InChI=1S/C6H4S8.2CH3.2Co/c7-1-2(8)12-5(11-1)6-13-3(9)4(10)14-6;;;;/h7-10H;2*1H3;;/q;2*-1;2*+3/p-4. The van der Waals surface area contributed by atoms with Crippen LogP contribution in [-0.4, -0.2) is 0 Å². The van der Waals surface area contributed by atoms with Crippen LogP contribution in [0.15, 0.2) is 25.4 Å². The molecule has 2 aliphatic rings. The van der Waals surface area contributed by atoms with E-state index in [4.69, 9.17) is 50.5 Å². The second-order valence-corrected chi connectivity index (χ2v) is 9.40. The molecule has 0 aromatic rings. The molecule has 0 fully saturated rings. The molecule has 18 heavy (non-hydrogen) atoms. The third-order valence-electron chi connectivity index (χ3n) is 1.24. The van der Waals surface area contributed by atoms with Crippen LogP contribution in [0.2, 0.25) is 0 Å². The maximum Gasteiger partial charge on any atom is 3.00 e. The quantitative estimate of drug-likeness (QED) is 0.368. The zero-order valence-corrected chi connectivity index (χ0v) is 17.5. The molecule has 10 heteroatoms. The minimum Gasteiger partial charge on any atom is -0.774 e. The molecule has 0 saturated carbocycles. The average molecular weight is 477 g/mol. The van der Waals surface area contributed by atoms with E-state index in [-0.39, 0.29) is 48.4 Å². The second-order valence-electron chi connectivity index (χ2n) is 2.13. The fourth-order valence-corrected chi connectivity index (χ4v) is 7.02. The number of rotatable bonds is 0. The van der Waals surface area contributed by atoms with Crippen LogP contribution in [0.4, 0.5) is 0 Å². The van der Waals surface area contributed by atoms with Crippen molar-refractivity contribution in [1.82, 2.24) is 0 Å². The fraction of sp³-hybridized carbons (Fsp3) is 0. The van der Waals surface area contributed by atoms with E-state index in [0.29, 0.717) is 0 Å². The predicted molar refractivity (Wildman–Crippen MR) is 93.7 cm³/mol. The Morgan fingerprint density at radius 2 is 0.667 bits per heavy atom. The molecule has 0 aliphatic carbocycles. The van der Waals surface area contributed by atoms with Gasteiger partial charge in [0.25, 0.3) is 0 Å². The summed E-state index contributed by atoms with van der Waals surface area (Å²) in [5.74, 6) is 0. The third-order valence-corrected chi connectivity index (χ3v) is 8.72. The Kier molecular flexibility index (Phi) is 15.7. The van der Waals surface area contributed by atoms with Crippen LogP contribution in [-0.2, 0) is 84.1 Å². The molecule has 0 N–H and O–H groups in total. The maximum atomic E-state index is 5.10. The van der Waals surface area contributed by atoms with E-state index in [2.05, 4.69) is 0 Å². The molecule has 0 radical (unpaired) electrons. The molecule has 104 valence electrons. The minimum atomic E-state index is 0. The van der Waals surface area contributed by atoms with Gasteiger partial charge in [-0.05, 0) is 0 Å². The summed E-state index contributed by atoms with van der Waals surface area (Å²) in [6, 6.07) is 0. The van der Waals surface area contributed by atoms with Gasteiger partial charge in [-0.1, -0.05) is 0 Å². The summed E-state index contributed by atoms with van der Waals surface area (Å²) in [4.78, 5) is 0. The number of hydrogen-bond donors (Lipinski definition) is 0. The maximum absolute atomic E-state index is 5.10. The Hall–Kier alpha value is 2.51. The zero-order valence-electron chi connectivity index (χ0n) is 8.93. The molecule has 0 aromatic carbocycles. The second kappa shape index (κ2) is 11.1. The van der Waals surface area contributed by atoms with Crippen LogP contribution in [0.3, 0.4) is 0 Å². The Labute approximate surface area is 169 Å². The largest absolute Gasteiger partial charge is 3.00 e. The number of thioether (sulfide) groups is 4. The van der Waals surface area contributed by atoms with Gasteiger partial charge in [0.1, 0.15) is 0 Å². The summed E-state index contributed by atoms with van der Waals surface area (Å²) < 4.78 is 5.43. The first-order chi connectivity index (χ1) is 6.58. The van der Waals surface area contributed by atoms with Gasteiger partial charge in [-0.15, -0.1) is 64.0 Å². The van der Waals surface area contributed by atoms with Crippen molar-refractivity contribution in [1.29, 1.82) is 0 Å². The molecule has 0 aromatic heterocycles. The van der Waals surface area contributed by atoms with Gasteiger partial charge in [0.2, 0.25) is 0 Å². The van der Waals surface area contributed by atoms with Crippen molar-refractivity contribution < 1.29 is 33.6 Å². The van der Waals surface area contributed by atoms with Crippen molar-refractivity contribution in [3.05, 3.63) is 40.3 Å². The van der Waals surface area contributed by atoms with Crippen molar-refractivity contribution in [2.45, 2.75) is 0 Å². The molecule has 0 saturated heterocycles. The molecule has 2 heterocycles. The summed E-state index contributed by atoms with van der Waals surface area (Å²) in [7, 11) is 0. The average Bonchev–Trinajstić information content (AvgIpc) is 2.60. The Bertz CT molecular complexity index is 319. The minimum absolute atomic E-state index is 0. The van der Waals surface area contributed by atoms with Crippen LogP contribution in [0.25, 0.3) is 0 Å². The molecule has 0 unspecified atom stereocenters. The SMILES string of the molecule is [CH3-].[CH3-].[Co+3].[Co+3].[S-]C1=C([S-])SC(=C2SC([S-])=C([S-])S2)S1. The summed E-state index contributed by atoms with van der Waals surface area (Å²) in [6.07, 6.45) is 0. The van der Waals surface area contributed by atoms with Crippen molar-refractivity contribution in [2.24, 2.45) is 0 Å². The van der Waals surface area contributed by atoms with E-state index in [9.17, 15) is 0 Å². The number of hydrogen-bond acceptors (Lipinski definition) is 8. The Morgan fingerprint density at radius 1 is 0.500 bits per heavy atom. The van der Waals surface area contributed by atoms with Crippen molar-refractivity contribution in [3.63, 3.8) is 0 Å². The summed E-state index contributed by atoms with van der Waals surface area (Å²) in [5.41, 5.74) is 0. The van der Waals surface area contributed by atoms with Crippen LogP contribution >= 0.6 is 47.0 Å². The topological polar surface area (TPSA) is 0 Å². The van der Waals surface area contributed by atoms with Gasteiger partial charge in [-0.2, -0.15) is 0 Å². The van der Waals surface area contributed by atoms with Crippen molar-refractivity contribution >= 4 is 97.6 Å². The van der Waals surface area contributed by atoms with Crippen molar-refractivity contribution in [3.8, 4) is 0 Å². The molecule has 0 bridgehead atoms. The normalized spacial score (nSPS) is 17.8. The molecule has 0 amide bonds. The molecule has 0 nitrogen and oxygen atoms in total. The Balaban J connectivity index is -0.000000562. The molecular formula is C8H6Co2S8. The molecule has 0 spiro atoms. The van der Waals surface area contributed by atoms with Gasteiger partial charge in [0.15, 0.2) is 0 Å². The monoisotopic (exact) mass is 476 g/mol. The van der Waals surface area contributed by atoms with Gasteiger partial charge < -0.3 is 65.4 Å². The van der Waals surface area contributed by atoms with Gasteiger partial charge in [0, 0.05) is 0 Å². The van der Waals surface area contributed by atoms with E-state index in [1.165, 1.54) is 0 Å². The predicted octanol–water partition coefficient (Wildman–Crippen LogP) is 4.41. The van der Waals surface area contributed by atoms with Gasteiger partial charge in [0.05, 0.1) is 8.47 Å². The van der Waals surface area contributed by atoms with E-state index in [1.54, 1.807) is 47.0 Å². The zero-order chi connectivity index (χ0) is 10.3. The first kappa shape index (κ1) is 25.5. The molecular weight excluding hydrogens is 470 g/mol. The van der Waals surface area contributed by atoms with Gasteiger partial charge in [-0.3, -0.25) is 0 Å². The molecule has 2 aliphatic heterocycles. The first-order valence-corrected chi connectivity index (χ1v) is 8.10. The smallest absolute Gasteiger partial charge is 0.774 e. The Morgan fingerprint density at radius 3 is 0.833 bits per heavy atom. The summed E-state index contributed by atoms with van der Waals surface area (Å²) in [5, 5.41) is 0. The van der Waals surface area contributed by atoms with Crippen LogP contribution in [0, 0.1) is 14.9 Å². The van der Waals surface area contributed by atoms with Crippen LogP contribution < -0.4 is 0 Å². The van der Waals surface area contributed by atoms with Crippen LogP contribution in [0.1, 0.15) is 0 Å². The fourth-order valence-electron chi connectivity index (χ4n) is 0.712. The summed E-state index contributed by atoms with van der Waals surface area (Å²) in [6.45, 7) is 0. The van der Waals surface area contributed by atoms with E-state index < -0.39 is 0 Å². The van der Waals surface area contributed by atoms with Crippen LogP contribution in [0.5, 0.6) is 0 Å². The van der Waals surface area contributed by atoms with Crippen molar-refractivity contribution in [2.75, 3.05) is 0 Å². The molecule has 2 rings (SSSR count). The van der Waals surface area contributed by atoms with Gasteiger partial charge >= 0.3 is 33.6 Å². The van der Waals surface area contributed by atoms with E-state index >= 15 is 0 Å². The molecule has 0 atom stereocenters. The van der Waals surface area contributed by atoms with Gasteiger partial charge in [-0.25, -0.2) is 0 Å². The summed E-state index contributed by atoms with van der Waals surface area (Å²) >= 11 is 26.6.